The zero-order valence-corrected chi connectivity index (χ0v) is 17.8. The van der Waals surface area contributed by atoms with Crippen LogP contribution in [0.15, 0.2) is 42.7 Å². The molecule has 158 valence electrons. The van der Waals surface area contributed by atoms with E-state index in [1.54, 1.807) is 6.20 Å². The molecule has 1 saturated carbocycles. The van der Waals surface area contributed by atoms with E-state index in [1.165, 1.54) is 5.82 Å². The SMILES string of the molecule is Clc1ccc2ncc(N[C@H]3C[C@H](n4c(C5CCOCC5)nc5cccnc54)C3)nc2c1. The quantitative estimate of drug-likeness (QED) is 0.500. The standard InChI is InChI=1S/C23H23ClN6O/c24-15-3-4-18-20(10-15)28-21(13-26-18)27-16-11-17(12-16)30-22(14-5-8-31-9-6-14)29-19-2-1-7-25-23(19)30/h1-4,7,10,13-14,16-17H,5-6,8-9,11-12H2,(H,27,28)/t16-,17-. The van der Waals surface area contributed by atoms with Crippen molar-refractivity contribution in [3.63, 3.8) is 0 Å². The van der Waals surface area contributed by atoms with Gasteiger partial charge >= 0.3 is 0 Å². The third kappa shape index (κ3) is 3.51. The van der Waals surface area contributed by atoms with Gasteiger partial charge in [-0.1, -0.05) is 11.6 Å². The lowest BCUT2D eigenvalue weighted by molar-refractivity contribution is 0.0818. The average Bonchev–Trinajstić information content (AvgIpc) is 3.15. The van der Waals surface area contributed by atoms with E-state index in [0.717, 1.165) is 66.9 Å². The van der Waals surface area contributed by atoms with E-state index in [1.807, 2.05) is 30.5 Å². The summed E-state index contributed by atoms with van der Waals surface area (Å²) in [6.07, 6.45) is 7.71. The predicted octanol–water partition coefficient (Wildman–Crippen LogP) is 4.74. The van der Waals surface area contributed by atoms with E-state index in [-0.39, 0.29) is 0 Å². The van der Waals surface area contributed by atoms with Gasteiger partial charge in [0, 0.05) is 42.4 Å². The number of nitrogens with zero attached hydrogens (tertiary/aromatic N) is 5. The number of aromatic nitrogens is 5. The third-order valence-electron chi connectivity index (χ3n) is 6.40. The van der Waals surface area contributed by atoms with Crippen LogP contribution in [0.2, 0.25) is 5.02 Å². The first-order chi connectivity index (χ1) is 15.2. The maximum atomic E-state index is 6.11. The number of nitrogens with one attached hydrogen (secondary N) is 1. The summed E-state index contributed by atoms with van der Waals surface area (Å²) < 4.78 is 7.96. The van der Waals surface area contributed by atoms with Crippen LogP contribution in [-0.2, 0) is 4.74 Å². The smallest absolute Gasteiger partial charge is 0.160 e. The highest BCUT2D eigenvalue weighted by Crippen LogP contribution is 2.40. The number of fused-ring (bicyclic) bond motifs is 2. The maximum Gasteiger partial charge on any atom is 0.160 e. The largest absolute Gasteiger partial charge is 0.381 e. The lowest BCUT2D eigenvalue weighted by Gasteiger charge is -2.38. The lowest BCUT2D eigenvalue weighted by Crippen LogP contribution is -2.38. The molecule has 1 aromatic carbocycles. The molecule has 0 unspecified atom stereocenters. The molecule has 8 heteroatoms. The van der Waals surface area contributed by atoms with E-state index in [0.29, 0.717) is 23.0 Å². The molecule has 2 aliphatic rings. The molecular formula is C23H23ClN6O. The van der Waals surface area contributed by atoms with Crippen LogP contribution in [0.25, 0.3) is 22.2 Å². The molecule has 3 aromatic heterocycles. The Morgan fingerprint density at radius 2 is 1.87 bits per heavy atom. The zero-order valence-electron chi connectivity index (χ0n) is 17.0. The monoisotopic (exact) mass is 434 g/mol. The molecule has 0 amide bonds. The van der Waals surface area contributed by atoms with E-state index in [9.17, 15) is 0 Å². The Bertz CT molecular complexity index is 1250. The second kappa shape index (κ2) is 7.73. The van der Waals surface area contributed by atoms with E-state index in [2.05, 4.69) is 30.9 Å². The minimum atomic E-state index is 0.347. The lowest BCUT2D eigenvalue weighted by atomic mass is 9.85. The van der Waals surface area contributed by atoms with Crippen molar-refractivity contribution in [3.8, 4) is 0 Å². The number of halogens is 1. The fourth-order valence-corrected chi connectivity index (χ4v) is 4.90. The first-order valence-corrected chi connectivity index (χ1v) is 11.2. The number of imidazole rings is 1. The summed E-state index contributed by atoms with van der Waals surface area (Å²) in [6.45, 7) is 1.61. The molecule has 6 rings (SSSR count). The van der Waals surface area contributed by atoms with Crippen LogP contribution >= 0.6 is 11.6 Å². The molecule has 31 heavy (non-hydrogen) atoms. The van der Waals surface area contributed by atoms with Crippen LogP contribution in [0, 0.1) is 0 Å². The van der Waals surface area contributed by atoms with Gasteiger partial charge in [0.2, 0.25) is 0 Å². The number of hydrogen-bond donors (Lipinski definition) is 1. The van der Waals surface area contributed by atoms with Gasteiger partial charge in [0.25, 0.3) is 0 Å². The molecule has 1 aliphatic carbocycles. The van der Waals surface area contributed by atoms with Crippen molar-refractivity contribution in [2.24, 2.45) is 0 Å². The summed E-state index contributed by atoms with van der Waals surface area (Å²) in [6, 6.07) is 10.3. The number of ether oxygens (including phenoxy) is 1. The Hall–Kier alpha value is -2.77. The van der Waals surface area contributed by atoms with Crippen molar-refractivity contribution in [1.29, 1.82) is 0 Å². The van der Waals surface area contributed by atoms with Gasteiger partial charge in [-0.2, -0.15) is 0 Å². The predicted molar refractivity (Wildman–Crippen MR) is 121 cm³/mol. The second-order valence-electron chi connectivity index (χ2n) is 8.43. The first-order valence-electron chi connectivity index (χ1n) is 10.8. The summed E-state index contributed by atoms with van der Waals surface area (Å²) in [7, 11) is 0. The Labute approximate surface area is 184 Å². The van der Waals surface area contributed by atoms with Gasteiger partial charge in [0.05, 0.1) is 17.2 Å². The molecule has 0 spiro atoms. The van der Waals surface area contributed by atoms with Gasteiger partial charge in [-0.15, -0.1) is 0 Å². The van der Waals surface area contributed by atoms with Gasteiger partial charge < -0.3 is 14.6 Å². The molecule has 4 heterocycles. The van der Waals surface area contributed by atoms with Crippen LogP contribution in [0.4, 0.5) is 5.82 Å². The number of benzene rings is 1. The Morgan fingerprint density at radius 3 is 2.74 bits per heavy atom. The molecule has 1 saturated heterocycles. The molecule has 7 nitrogen and oxygen atoms in total. The molecule has 0 atom stereocenters. The van der Waals surface area contributed by atoms with Crippen LogP contribution in [0.5, 0.6) is 0 Å². The summed E-state index contributed by atoms with van der Waals surface area (Å²) in [4.78, 5) is 18.8. The molecular weight excluding hydrogens is 412 g/mol. The van der Waals surface area contributed by atoms with E-state index < -0.39 is 0 Å². The third-order valence-corrected chi connectivity index (χ3v) is 6.63. The van der Waals surface area contributed by atoms with Gasteiger partial charge in [0.15, 0.2) is 5.65 Å². The Balaban J connectivity index is 1.23. The Kier molecular flexibility index (Phi) is 4.73. The van der Waals surface area contributed by atoms with Crippen LogP contribution in [0.1, 0.15) is 43.5 Å². The highest BCUT2D eigenvalue weighted by molar-refractivity contribution is 6.31. The molecule has 1 aliphatic heterocycles. The van der Waals surface area contributed by atoms with E-state index >= 15 is 0 Å². The van der Waals surface area contributed by atoms with Crippen LogP contribution in [-0.4, -0.2) is 43.8 Å². The van der Waals surface area contributed by atoms with Crippen LogP contribution < -0.4 is 5.32 Å². The highest BCUT2D eigenvalue weighted by atomic mass is 35.5. The van der Waals surface area contributed by atoms with Crippen molar-refractivity contribution < 1.29 is 4.74 Å². The maximum absolute atomic E-state index is 6.11. The van der Waals surface area contributed by atoms with Gasteiger partial charge in [-0.05, 0) is 56.0 Å². The van der Waals surface area contributed by atoms with Gasteiger partial charge in [-0.3, -0.25) is 4.98 Å². The number of rotatable bonds is 4. The molecule has 1 N–H and O–H groups in total. The highest BCUT2D eigenvalue weighted by Gasteiger charge is 2.35. The molecule has 4 aromatic rings. The summed E-state index contributed by atoms with van der Waals surface area (Å²) in [5.74, 6) is 2.39. The van der Waals surface area contributed by atoms with E-state index in [4.69, 9.17) is 21.3 Å². The average molecular weight is 435 g/mol. The zero-order chi connectivity index (χ0) is 20.8. The minimum absolute atomic E-state index is 0.347. The van der Waals surface area contributed by atoms with Crippen LogP contribution in [0.3, 0.4) is 0 Å². The molecule has 2 fully saturated rings. The molecule has 0 bridgehead atoms. The van der Waals surface area contributed by atoms with Crippen molar-refractivity contribution in [2.75, 3.05) is 18.5 Å². The number of pyridine rings is 1. The second-order valence-corrected chi connectivity index (χ2v) is 8.86. The van der Waals surface area contributed by atoms with Crippen molar-refractivity contribution in [1.82, 2.24) is 24.5 Å². The molecule has 0 radical (unpaired) electrons. The first kappa shape index (κ1) is 19.0. The number of anilines is 1. The Morgan fingerprint density at radius 1 is 1.00 bits per heavy atom. The van der Waals surface area contributed by atoms with Gasteiger partial charge in [0.1, 0.15) is 17.2 Å². The van der Waals surface area contributed by atoms with Crippen molar-refractivity contribution >= 4 is 39.6 Å². The van der Waals surface area contributed by atoms with Crippen molar-refractivity contribution in [2.45, 2.75) is 43.7 Å². The summed E-state index contributed by atoms with van der Waals surface area (Å²) in [5.41, 5.74) is 3.63. The minimum Gasteiger partial charge on any atom is -0.381 e. The topological polar surface area (TPSA) is 77.8 Å². The van der Waals surface area contributed by atoms with Crippen molar-refractivity contribution in [3.05, 3.63) is 53.6 Å². The normalized spacial score (nSPS) is 22.0. The number of hydrogen-bond acceptors (Lipinski definition) is 6. The van der Waals surface area contributed by atoms with Gasteiger partial charge in [-0.25, -0.2) is 15.0 Å². The summed E-state index contributed by atoms with van der Waals surface area (Å²) >= 11 is 6.11. The fourth-order valence-electron chi connectivity index (χ4n) is 4.73. The summed E-state index contributed by atoms with van der Waals surface area (Å²) in [5, 5.41) is 4.21. The fraction of sp³-hybridized carbons (Fsp3) is 0.391.